The summed E-state index contributed by atoms with van der Waals surface area (Å²) >= 11 is 0. The van der Waals surface area contributed by atoms with Crippen LogP contribution in [0.4, 0.5) is 21.7 Å². The first-order chi connectivity index (χ1) is 6.81. The molecule has 0 bridgehead atoms. The number of fused-ring (bicyclic) bond motifs is 1. The third kappa shape index (κ3) is 1.73. The third-order valence-corrected chi connectivity index (χ3v) is 2.61. The van der Waals surface area contributed by atoms with Gasteiger partial charge in [0.2, 0.25) is 0 Å². The van der Waals surface area contributed by atoms with Crippen LogP contribution in [0.25, 0.3) is 0 Å². The van der Waals surface area contributed by atoms with Crippen LogP contribution in [0, 0.1) is 0 Å². The highest BCUT2D eigenvalue weighted by Crippen LogP contribution is 2.41. The molecule has 0 N–H and O–H groups in total. The number of rotatable bonds is 1. The summed E-state index contributed by atoms with van der Waals surface area (Å²) in [5.41, 5.74) is -1.08. The second kappa shape index (κ2) is 2.96. The lowest BCUT2D eigenvalue weighted by molar-refractivity contribution is -0.00178. The van der Waals surface area contributed by atoms with Gasteiger partial charge in [-0.15, -0.1) is 5.46 Å². The molecule has 0 fully saturated rings. The molecule has 0 aromatic heterocycles. The molecular weight excluding hydrogens is 214 g/mol. The average molecular weight is 221 g/mol. The van der Waals surface area contributed by atoms with Crippen LogP contribution in [0.5, 0.6) is 0 Å². The van der Waals surface area contributed by atoms with E-state index < -0.39 is 30.3 Å². The average Bonchev–Trinajstić information content (AvgIpc) is 2.41. The van der Waals surface area contributed by atoms with Crippen molar-refractivity contribution < 1.29 is 21.7 Å². The molecule has 15 heavy (non-hydrogen) atoms. The van der Waals surface area contributed by atoms with Crippen LogP contribution in [-0.2, 0) is 12.3 Å². The van der Waals surface area contributed by atoms with Crippen molar-refractivity contribution in [1.29, 1.82) is 0 Å². The van der Waals surface area contributed by atoms with Crippen LogP contribution in [0.15, 0.2) is 18.2 Å². The number of halogens is 5. The predicted octanol–water partition coefficient (Wildman–Crippen LogP) is 2.78. The molecule has 1 aliphatic carbocycles. The van der Waals surface area contributed by atoms with Crippen molar-refractivity contribution in [2.24, 2.45) is 0 Å². The zero-order valence-electron chi connectivity index (χ0n) is 7.61. The quantitative estimate of drug-likeness (QED) is 0.505. The van der Waals surface area contributed by atoms with Gasteiger partial charge in [-0.25, -0.2) is 8.78 Å². The molecule has 1 aromatic carbocycles. The van der Waals surface area contributed by atoms with E-state index in [0.29, 0.717) is 11.6 Å². The van der Waals surface area contributed by atoms with Crippen LogP contribution < -0.4 is 5.46 Å². The van der Waals surface area contributed by atoms with E-state index in [1.165, 1.54) is 0 Å². The number of benzene rings is 1. The standard InChI is InChI=1S/C9H7BF5/c11-9(12)4-3-6-1-2-7(5-8(6)9)10(13,14)15/h1-2,5H,3-4H2/q-1. The molecule has 1 aliphatic rings. The smallest absolute Gasteiger partial charge is 0.445 e. The van der Waals surface area contributed by atoms with Gasteiger partial charge in [0.05, 0.1) is 0 Å². The van der Waals surface area contributed by atoms with Crippen molar-refractivity contribution in [3.63, 3.8) is 0 Å². The highest BCUT2D eigenvalue weighted by Gasteiger charge is 2.40. The second-order valence-corrected chi connectivity index (χ2v) is 3.70. The normalized spacial score (nSPS) is 19.0. The Morgan fingerprint density at radius 1 is 1.13 bits per heavy atom. The fourth-order valence-corrected chi connectivity index (χ4v) is 1.78. The summed E-state index contributed by atoms with van der Waals surface area (Å²) in [5, 5.41) is 0. The van der Waals surface area contributed by atoms with E-state index >= 15 is 0 Å². The minimum absolute atomic E-state index is 0.146. The molecule has 6 heteroatoms. The molecule has 0 nitrogen and oxygen atoms in total. The first-order valence-corrected chi connectivity index (χ1v) is 4.52. The van der Waals surface area contributed by atoms with E-state index in [9.17, 15) is 21.7 Å². The SMILES string of the molecule is F[B-](F)(F)c1ccc2c(c1)C(F)(F)CC2. The van der Waals surface area contributed by atoms with Gasteiger partial charge in [0, 0.05) is 12.0 Å². The summed E-state index contributed by atoms with van der Waals surface area (Å²) in [6.45, 7) is -5.20. The van der Waals surface area contributed by atoms with Gasteiger partial charge in [-0.1, -0.05) is 18.2 Å². The van der Waals surface area contributed by atoms with Crippen molar-refractivity contribution in [2.75, 3.05) is 0 Å². The topological polar surface area (TPSA) is 0 Å². The molecule has 0 unspecified atom stereocenters. The van der Waals surface area contributed by atoms with Crippen LogP contribution in [-0.4, -0.2) is 6.98 Å². The van der Waals surface area contributed by atoms with Gasteiger partial charge in [0.25, 0.3) is 5.92 Å². The fourth-order valence-electron chi connectivity index (χ4n) is 1.78. The summed E-state index contributed by atoms with van der Waals surface area (Å²) in [4.78, 5) is 0. The zero-order valence-corrected chi connectivity index (χ0v) is 7.61. The third-order valence-electron chi connectivity index (χ3n) is 2.61. The van der Waals surface area contributed by atoms with E-state index in [1.54, 1.807) is 0 Å². The van der Waals surface area contributed by atoms with Gasteiger partial charge in [-0.3, -0.25) is 0 Å². The molecule has 0 saturated carbocycles. The monoisotopic (exact) mass is 221 g/mol. The minimum Gasteiger partial charge on any atom is -0.445 e. The number of hydrogen-bond donors (Lipinski definition) is 0. The summed E-state index contributed by atoms with van der Waals surface area (Å²) in [7, 11) is 0. The first-order valence-electron chi connectivity index (χ1n) is 4.52. The van der Waals surface area contributed by atoms with E-state index in [0.717, 1.165) is 12.1 Å². The lowest BCUT2D eigenvalue weighted by Gasteiger charge is -2.17. The van der Waals surface area contributed by atoms with Crippen molar-refractivity contribution in [3.8, 4) is 0 Å². The van der Waals surface area contributed by atoms with Crippen molar-refractivity contribution in [1.82, 2.24) is 0 Å². The first kappa shape index (κ1) is 10.5. The number of aryl methyl sites for hydroxylation is 1. The van der Waals surface area contributed by atoms with Gasteiger partial charge >= 0.3 is 6.98 Å². The van der Waals surface area contributed by atoms with E-state index in [-0.39, 0.29) is 6.42 Å². The van der Waals surface area contributed by atoms with Crippen LogP contribution in [0.3, 0.4) is 0 Å². The van der Waals surface area contributed by atoms with Crippen molar-refractivity contribution >= 4 is 12.4 Å². The second-order valence-electron chi connectivity index (χ2n) is 3.70. The molecule has 0 atom stereocenters. The maximum absolute atomic E-state index is 13.1. The summed E-state index contributed by atoms with van der Waals surface area (Å²) in [5.74, 6) is -3.10. The van der Waals surface area contributed by atoms with Crippen LogP contribution in [0.1, 0.15) is 17.5 Å². The Bertz CT molecular complexity index is 396. The fraction of sp³-hybridized carbons (Fsp3) is 0.333. The Labute approximate surface area is 83.2 Å². The maximum atomic E-state index is 13.1. The number of hydrogen-bond acceptors (Lipinski definition) is 0. The molecule has 0 amide bonds. The highest BCUT2D eigenvalue weighted by molar-refractivity contribution is 6.73. The Hall–Kier alpha value is -1.07. The maximum Gasteiger partial charge on any atom is 0.509 e. The minimum atomic E-state index is -5.20. The molecule has 0 spiro atoms. The van der Waals surface area contributed by atoms with Gasteiger partial charge < -0.3 is 12.9 Å². The van der Waals surface area contributed by atoms with E-state index in [1.807, 2.05) is 0 Å². The van der Waals surface area contributed by atoms with Gasteiger partial charge in [0.1, 0.15) is 0 Å². The lowest BCUT2D eigenvalue weighted by atomic mass is 9.79. The Morgan fingerprint density at radius 3 is 2.40 bits per heavy atom. The Balaban J connectivity index is 2.51. The van der Waals surface area contributed by atoms with Gasteiger partial charge in [0.15, 0.2) is 0 Å². The van der Waals surface area contributed by atoms with Gasteiger partial charge in [-0.2, -0.15) is 0 Å². The molecule has 1 aromatic rings. The summed E-state index contributed by atoms with van der Waals surface area (Å²) < 4.78 is 63.3. The van der Waals surface area contributed by atoms with E-state index in [4.69, 9.17) is 0 Å². The number of alkyl halides is 2. The zero-order chi connectivity index (χ0) is 11.3. The molecule has 82 valence electrons. The molecule has 0 heterocycles. The van der Waals surface area contributed by atoms with E-state index in [2.05, 4.69) is 0 Å². The molecule has 2 rings (SSSR count). The molecule has 0 saturated heterocycles. The molecule has 0 radical (unpaired) electrons. The van der Waals surface area contributed by atoms with Crippen LogP contribution >= 0.6 is 0 Å². The van der Waals surface area contributed by atoms with Gasteiger partial charge in [-0.05, 0) is 12.0 Å². The van der Waals surface area contributed by atoms with Crippen LogP contribution in [0.2, 0.25) is 0 Å². The highest BCUT2D eigenvalue weighted by atomic mass is 19.4. The largest absolute Gasteiger partial charge is 0.509 e. The Kier molecular flexibility index (Phi) is 2.07. The van der Waals surface area contributed by atoms with Crippen molar-refractivity contribution in [3.05, 3.63) is 29.3 Å². The molecular formula is C9H7BF5-. The lowest BCUT2D eigenvalue weighted by Crippen LogP contribution is -2.34. The van der Waals surface area contributed by atoms with Crippen molar-refractivity contribution in [2.45, 2.75) is 18.8 Å². The predicted molar refractivity (Wildman–Crippen MR) is 47.4 cm³/mol. The molecule has 0 aliphatic heterocycles. The Morgan fingerprint density at radius 2 is 1.80 bits per heavy atom. The summed E-state index contributed by atoms with van der Waals surface area (Å²) in [6.07, 6.45) is -0.246. The summed E-state index contributed by atoms with van der Waals surface area (Å²) in [6, 6.07) is 2.61.